The number of aryl methyl sites for hydroxylation is 2. The first-order valence-electron chi connectivity index (χ1n) is 11.0. The average Bonchev–Trinajstić information content (AvgIpc) is 3.53. The van der Waals surface area contributed by atoms with Crippen LogP contribution in [0.5, 0.6) is 11.5 Å². The Labute approximate surface area is 183 Å². The number of carbonyl (C=O) groups excluding carboxylic acids is 1. The largest absolute Gasteiger partial charge is 0.493 e. The molecule has 1 aromatic carbocycles. The maximum Gasteiger partial charge on any atom is 0.246 e. The molecule has 0 saturated carbocycles. The summed E-state index contributed by atoms with van der Waals surface area (Å²) in [4.78, 5) is 17.1. The first-order chi connectivity index (χ1) is 15.0. The van der Waals surface area contributed by atoms with Gasteiger partial charge in [-0.1, -0.05) is 11.2 Å². The van der Waals surface area contributed by atoms with E-state index in [1.165, 1.54) is 25.9 Å². The van der Waals surface area contributed by atoms with Crippen molar-refractivity contribution in [2.24, 2.45) is 0 Å². The number of ether oxygens (including phenoxy) is 2. The Morgan fingerprint density at radius 2 is 2.03 bits per heavy atom. The lowest BCUT2D eigenvalue weighted by Crippen LogP contribution is -2.36. The quantitative estimate of drug-likeness (QED) is 0.632. The van der Waals surface area contributed by atoms with Crippen molar-refractivity contribution in [2.45, 2.75) is 45.8 Å². The molecule has 2 aliphatic heterocycles. The third kappa shape index (κ3) is 4.93. The minimum atomic E-state index is 0.0689. The number of benzene rings is 1. The summed E-state index contributed by atoms with van der Waals surface area (Å²) in [6.45, 7) is 8.14. The van der Waals surface area contributed by atoms with E-state index >= 15 is 0 Å². The molecule has 3 heterocycles. The second kappa shape index (κ2) is 9.56. The van der Waals surface area contributed by atoms with Crippen LogP contribution >= 0.6 is 0 Å². The van der Waals surface area contributed by atoms with Gasteiger partial charge in [0.1, 0.15) is 12.4 Å². The number of amides is 1. The second-order valence-corrected chi connectivity index (χ2v) is 8.30. The first-order valence-corrected chi connectivity index (χ1v) is 11.0. The Kier molecular flexibility index (Phi) is 6.61. The van der Waals surface area contributed by atoms with Crippen molar-refractivity contribution < 1.29 is 18.8 Å². The van der Waals surface area contributed by atoms with Crippen LogP contribution in [0.2, 0.25) is 0 Å². The Balaban J connectivity index is 1.36. The second-order valence-electron chi connectivity index (χ2n) is 8.30. The van der Waals surface area contributed by atoms with E-state index in [4.69, 9.17) is 14.0 Å². The summed E-state index contributed by atoms with van der Waals surface area (Å²) >= 11 is 0. The van der Waals surface area contributed by atoms with Crippen LogP contribution in [0, 0.1) is 13.8 Å². The van der Waals surface area contributed by atoms with Gasteiger partial charge < -0.3 is 18.9 Å². The zero-order valence-electron chi connectivity index (χ0n) is 18.6. The maximum absolute atomic E-state index is 12.6. The molecule has 2 aromatic rings. The van der Waals surface area contributed by atoms with Crippen molar-refractivity contribution in [1.82, 2.24) is 15.0 Å². The summed E-state index contributed by atoms with van der Waals surface area (Å²) < 4.78 is 16.6. The predicted molar refractivity (Wildman–Crippen MR) is 118 cm³/mol. The fraction of sp³-hybridized carbons (Fsp3) is 0.500. The van der Waals surface area contributed by atoms with Gasteiger partial charge >= 0.3 is 0 Å². The summed E-state index contributed by atoms with van der Waals surface area (Å²) in [5, 5.41) is 3.95. The Morgan fingerprint density at radius 3 is 2.74 bits per heavy atom. The molecule has 166 valence electrons. The van der Waals surface area contributed by atoms with Gasteiger partial charge in [0, 0.05) is 25.2 Å². The van der Waals surface area contributed by atoms with Gasteiger partial charge in [-0.15, -0.1) is 0 Å². The van der Waals surface area contributed by atoms with Crippen molar-refractivity contribution in [3.05, 3.63) is 46.9 Å². The van der Waals surface area contributed by atoms with Gasteiger partial charge in [-0.05, 0) is 70.0 Å². The number of nitrogens with zero attached hydrogens (tertiary/aromatic N) is 3. The fourth-order valence-electron chi connectivity index (χ4n) is 4.38. The molecule has 7 nitrogen and oxygen atoms in total. The molecular weight excluding hydrogens is 394 g/mol. The molecule has 2 saturated heterocycles. The van der Waals surface area contributed by atoms with Crippen LogP contribution in [0.1, 0.15) is 41.8 Å². The van der Waals surface area contributed by atoms with Crippen molar-refractivity contribution in [2.75, 3.05) is 33.3 Å². The van der Waals surface area contributed by atoms with Crippen LogP contribution in [-0.4, -0.2) is 60.2 Å². The van der Waals surface area contributed by atoms with Gasteiger partial charge in [-0.3, -0.25) is 9.69 Å². The maximum atomic E-state index is 12.6. The molecule has 0 N–H and O–H groups in total. The summed E-state index contributed by atoms with van der Waals surface area (Å²) in [6, 6.07) is 6.18. The van der Waals surface area contributed by atoms with E-state index < -0.39 is 0 Å². The van der Waals surface area contributed by atoms with Gasteiger partial charge in [0.25, 0.3) is 0 Å². The van der Waals surface area contributed by atoms with Gasteiger partial charge in [-0.25, -0.2) is 0 Å². The van der Waals surface area contributed by atoms with E-state index in [2.05, 4.69) is 10.1 Å². The lowest BCUT2D eigenvalue weighted by atomic mass is 10.1. The summed E-state index contributed by atoms with van der Waals surface area (Å²) in [7, 11) is 1.61. The van der Waals surface area contributed by atoms with Gasteiger partial charge in [0.05, 0.1) is 18.4 Å². The molecule has 0 spiro atoms. The molecule has 2 fully saturated rings. The lowest BCUT2D eigenvalue weighted by molar-refractivity contribution is -0.125. The van der Waals surface area contributed by atoms with Gasteiger partial charge in [0.15, 0.2) is 11.5 Å². The molecule has 1 aromatic heterocycles. The van der Waals surface area contributed by atoms with Gasteiger partial charge in [-0.2, -0.15) is 0 Å². The molecule has 2 aliphatic rings. The molecule has 0 aliphatic carbocycles. The third-order valence-electron chi connectivity index (χ3n) is 6.29. The minimum Gasteiger partial charge on any atom is -0.493 e. The molecule has 1 unspecified atom stereocenters. The van der Waals surface area contributed by atoms with Gasteiger partial charge in [0.2, 0.25) is 5.91 Å². The van der Waals surface area contributed by atoms with Crippen LogP contribution in [0.3, 0.4) is 0 Å². The molecule has 4 rings (SSSR count). The van der Waals surface area contributed by atoms with E-state index in [-0.39, 0.29) is 5.91 Å². The van der Waals surface area contributed by atoms with E-state index in [1.54, 1.807) is 13.2 Å². The minimum absolute atomic E-state index is 0.0689. The van der Waals surface area contributed by atoms with Crippen molar-refractivity contribution in [1.29, 1.82) is 0 Å². The van der Waals surface area contributed by atoms with E-state index in [0.717, 1.165) is 42.1 Å². The molecular formula is C24H31N3O4. The molecule has 31 heavy (non-hydrogen) atoms. The zero-order chi connectivity index (χ0) is 21.8. The Hall–Kier alpha value is -2.80. The Morgan fingerprint density at radius 1 is 1.23 bits per heavy atom. The third-order valence-corrected chi connectivity index (χ3v) is 6.29. The van der Waals surface area contributed by atoms with E-state index in [9.17, 15) is 4.79 Å². The number of hydrogen-bond acceptors (Lipinski definition) is 6. The number of rotatable bonds is 7. The van der Waals surface area contributed by atoms with Crippen molar-refractivity contribution in [3.63, 3.8) is 0 Å². The monoisotopic (exact) mass is 425 g/mol. The normalized spacial score (nSPS) is 19.5. The molecule has 1 atom stereocenters. The highest BCUT2D eigenvalue weighted by Gasteiger charge is 2.30. The SMILES string of the molecule is COc1cc(/C=C/C(=O)N2CCC(N3CCCC3)C2)ccc1OCc1c(C)noc1C. The number of aromatic nitrogens is 1. The zero-order valence-corrected chi connectivity index (χ0v) is 18.6. The predicted octanol–water partition coefficient (Wildman–Crippen LogP) is 3.59. The summed E-state index contributed by atoms with van der Waals surface area (Å²) in [6.07, 6.45) is 7.14. The smallest absolute Gasteiger partial charge is 0.246 e. The molecule has 0 bridgehead atoms. The number of carbonyl (C=O) groups is 1. The molecule has 1 amide bonds. The highest BCUT2D eigenvalue weighted by Crippen LogP contribution is 2.30. The number of methoxy groups -OCH3 is 1. The van der Waals surface area contributed by atoms with Crippen molar-refractivity contribution in [3.8, 4) is 11.5 Å². The van der Waals surface area contributed by atoms with Crippen LogP contribution in [0.15, 0.2) is 28.8 Å². The first kappa shape index (κ1) is 21.4. The van der Waals surface area contributed by atoms with E-state index in [1.807, 2.05) is 43.0 Å². The van der Waals surface area contributed by atoms with Crippen LogP contribution in [-0.2, 0) is 11.4 Å². The standard InChI is InChI=1S/C24H31N3O4/c1-17-21(18(2)31-25-17)16-30-22-8-6-19(14-23(22)29-3)7-9-24(28)27-13-10-20(15-27)26-11-4-5-12-26/h6-9,14,20H,4-5,10-13,15-16H2,1-3H3/b9-7+. The number of likely N-dealkylation sites (tertiary alicyclic amines) is 2. The average molecular weight is 426 g/mol. The molecule has 7 heteroatoms. The highest BCUT2D eigenvalue weighted by molar-refractivity contribution is 5.92. The van der Waals surface area contributed by atoms with Crippen LogP contribution < -0.4 is 9.47 Å². The number of hydrogen-bond donors (Lipinski definition) is 0. The van der Waals surface area contributed by atoms with Crippen LogP contribution in [0.25, 0.3) is 6.08 Å². The van der Waals surface area contributed by atoms with Crippen LogP contribution in [0.4, 0.5) is 0 Å². The fourth-order valence-corrected chi connectivity index (χ4v) is 4.38. The topological polar surface area (TPSA) is 68.0 Å². The molecule has 0 radical (unpaired) electrons. The van der Waals surface area contributed by atoms with E-state index in [0.29, 0.717) is 24.1 Å². The van der Waals surface area contributed by atoms with Crippen molar-refractivity contribution >= 4 is 12.0 Å². The highest BCUT2D eigenvalue weighted by atomic mass is 16.5. The summed E-state index contributed by atoms with van der Waals surface area (Å²) in [5.74, 6) is 2.08. The Bertz CT molecular complexity index is 927. The lowest BCUT2D eigenvalue weighted by Gasteiger charge is -2.23. The summed E-state index contributed by atoms with van der Waals surface area (Å²) in [5.41, 5.74) is 2.66.